The van der Waals surface area contributed by atoms with Gasteiger partial charge in [0.2, 0.25) is 5.75 Å². The number of carboxylic acids is 1. The standard InChI is InChI=1S/C23H21N5O5/c1-12(2)27-10-17(18-21(24)25-11-26-22(18)27)14-5-7-15(8-6-14)33-20-16(23(29)30)9-4-13(3)19(20)28(31)32/h4-12H,1-3H3,(H,29,30)(H2,24,25,26). The molecule has 4 rings (SSSR count). The van der Waals surface area contributed by atoms with Crippen LogP contribution >= 0.6 is 0 Å². The zero-order valence-corrected chi connectivity index (χ0v) is 18.1. The van der Waals surface area contributed by atoms with Crippen molar-refractivity contribution in [3.05, 3.63) is 70.2 Å². The molecular weight excluding hydrogens is 426 g/mol. The van der Waals surface area contributed by atoms with Gasteiger partial charge in [-0.2, -0.15) is 0 Å². The SMILES string of the molecule is Cc1ccc(C(=O)O)c(Oc2ccc(-c3cn(C(C)C)c4ncnc(N)c34)cc2)c1[N+](=O)[O-]. The van der Waals surface area contributed by atoms with Gasteiger partial charge in [-0.05, 0) is 44.5 Å². The van der Waals surface area contributed by atoms with E-state index in [9.17, 15) is 20.0 Å². The fraction of sp³-hybridized carbons (Fsp3) is 0.174. The number of aryl methyl sites for hydroxylation is 1. The van der Waals surface area contributed by atoms with Crippen molar-refractivity contribution in [1.29, 1.82) is 0 Å². The number of hydrogen-bond donors (Lipinski definition) is 2. The Morgan fingerprint density at radius 1 is 1.18 bits per heavy atom. The number of rotatable bonds is 6. The molecule has 0 bridgehead atoms. The Kier molecular flexibility index (Phi) is 5.42. The van der Waals surface area contributed by atoms with Crippen molar-refractivity contribution in [3.8, 4) is 22.6 Å². The van der Waals surface area contributed by atoms with E-state index in [2.05, 4.69) is 9.97 Å². The minimum atomic E-state index is -1.32. The van der Waals surface area contributed by atoms with Crippen molar-refractivity contribution in [2.45, 2.75) is 26.8 Å². The van der Waals surface area contributed by atoms with Crippen molar-refractivity contribution < 1.29 is 19.6 Å². The molecule has 0 saturated heterocycles. The second-order valence-corrected chi connectivity index (χ2v) is 7.80. The van der Waals surface area contributed by atoms with Crippen LogP contribution in [0, 0.1) is 17.0 Å². The molecular formula is C23H21N5O5. The van der Waals surface area contributed by atoms with Crippen molar-refractivity contribution in [1.82, 2.24) is 14.5 Å². The molecule has 0 atom stereocenters. The van der Waals surface area contributed by atoms with Crippen LogP contribution in [0.5, 0.6) is 11.5 Å². The first-order valence-electron chi connectivity index (χ1n) is 10.1. The number of hydrogen-bond acceptors (Lipinski definition) is 7. The summed E-state index contributed by atoms with van der Waals surface area (Å²) >= 11 is 0. The van der Waals surface area contributed by atoms with Crippen LogP contribution in [0.15, 0.2) is 48.9 Å². The third kappa shape index (κ3) is 3.82. The van der Waals surface area contributed by atoms with Crippen LogP contribution in [0.2, 0.25) is 0 Å². The summed E-state index contributed by atoms with van der Waals surface area (Å²) in [5.74, 6) is -1.01. The summed E-state index contributed by atoms with van der Waals surface area (Å²) in [4.78, 5) is 31.0. The Labute approximate surface area is 188 Å². The van der Waals surface area contributed by atoms with Gasteiger partial charge in [0.1, 0.15) is 29.1 Å². The van der Waals surface area contributed by atoms with E-state index in [1.165, 1.54) is 25.4 Å². The monoisotopic (exact) mass is 447 g/mol. The van der Waals surface area contributed by atoms with Crippen molar-refractivity contribution in [3.63, 3.8) is 0 Å². The maximum atomic E-state index is 11.6. The van der Waals surface area contributed by atoms with Crippen LogP contribution in [-0.4, -0.2) is 30.5 Å². The average molecular weight is 447 g/mol. The number of nitrogen functional groups attached to an aromatic ring is 1. The maximum absolute atomic E-state index is 11.6. The summed E-state index contributed by atoms with van der Waals surface area (Å²) in [5, 5.41) is 21.8. The van der Waals surface area contributed by atoms with E-state index < -0.39 is 10.9 Å². The highest BCUT2D eigenvalue weighted by molar-refractivity contribution is 6.00. The second kappa shape index (κ2) is 8.23. The van der Waals surface area contributed by atoms with Gasteiger partial charge in [0, 0.05) is 23.4 Å². The first-order valence-corrected chi connectivity index (χ1v) is 10.1. The zero-order valence-electron chi connectivity index (χ0n) is 18.1. The van der Waals surface area contributed by atoms with E-state index in [0.717, 1.165) is 16.5 Å². The number of carboxylic acid groups (broad SMARTS) is 1. The molecule has 2 aromatic heterocycles. The van der Waals surface area contributed by atoms with Gasteiger partial charge in [-0.1, -0.05) is 18.2 Å². The number of carbonyl (C=O) groups is 1. The molecule has 0 aliphatic carbocycles. The number of benzene rings is 2. The molecule has 10 heteroatoms. The fourth-order valence-corrected chi connectivity index (χ4v) is 3.71. The van der Waals surface area contributed by atoms with Crippen LogP contribution in [0.25, 0.3) is 22.2 Å². The zero-order chi connectivity index (χ0) is 23.9. The number of nitrogens with zero attached hydrogens (tertiary/aromatic N) is 4. The van der Waals surface area contributed by atoms with Crippen LogP contribution < -0.4 is 10.5 Å². The molecule has 0 aliphatic heterocycles. The molecule has 3 N–H and O–H groups in total. The smallest absolute Gasteiger partial charge is 0.339 e. The lowest BCUT2D eigenvalue weighted by atomic mass is 10.1. The Hall–Kier alpha value is -4.47. The van der Waals surface area contributed by atoms with Gasteiger partial charge in [-0.3, -0.25) is 10.1 Å². The van der Waals surface area contributed by atoms with Crippen LogP contribution in [-0.2, 0) is 0 Å². The molecule has 0 saturated carbocycles. The van der Waals surface area contributed by atoms with Gasteiger partial charge in [-0.15, -0.1) is 0 Å². The van der Waals surface area contributed by atoms with E-state index in [1.54, 1.807) is 24.3 Å². The Morgan fingerprint density at radius 3 is 2.48 bits per heavy atom. The minimum Gasteiger partial charge on any atom is -0.478 e. The molecule has 0 spiro atoms. The topological polar surface area (TPSA) is 146 Å². The molecule has 0 radical (unpaired) electrons. The summed E-state index contributed by atoms with van der Waals surface area (Å²) < 4.78 is 7.71. The summed E-state index contributed by atoms with van der Waals surface area (Å²) in [6.07, 6.45) is 3.37. The van der Waals surface area contributed by atoms with Crippen LogP contribution in [0.1, 0.15) is 35.8 Å². The Balaban J connectivity index is 1.77. The quantitative estimate of drug-likeness (QED) is 0.311. The molecule has 0 fully saturated rings. The van der Waals surface area contributed by atoms with Gasteiger partial charge in [-0.25, -0.2) is 14.8 Å². The minimum absolute atomic E-state index is 0.148. The van der Waals surface area contributed by atoms with Crippen LogP contribution in [0.3, 0.4) is 0 Å². The van der Waals surface area contributed by atoms with Gasteiger partial charge in [0.25, 0.3) is 0 Å². The Morgan fingerprint density at radius 2 is 1.88 bits per heavy atom. The third-order valence-electron chi connectivity index (χ3n) is 5.33. The fourth-order valence-electron chi connectivity index (χ4n) is 3.71. The molecule has 2 heterocycles. The number of nitro groups is 1. The largest absolute Gasteiger partial charge is 0.478 e. The highest BCUT2D eigenvalue weighted by Gasteiger charge is 2.26. The van der Waals surface area contributed by atoms with Crippen LogP contribution in [0.4, 0.5) is 11.5 Å². The first kappa shape index (κ1) is 21.8. The number of nitro benzene ring substituents is 1. The first-order chi connectivity index (χ1) is 15.7. The van der Waals surface area contributed by atoms with Crippen molar-refractivity contribution in [2.75, 3.05) is 5.73 Å². The molecule has 0 unspecified atom stereocenters. The normalized spacial score (nSPS) is 11.2. The highest BCUT2D eigenvalue weighted by Crippen LogP contribution is 2.39. The van der Waals surface area contributed by atoms with Gasteiger partial charge >= 0.3 is 11.7 Å². The van der Waals surface area contributed by atoms with Crippen molar-refractivity contribution >= 4 is 28.5 Å². The second-order valence-electron chi connectivity index (χ2n) is 7.80. The van der Waals surface area contributed by atoms with E-state index in [-0.39, 0.29) is 28.8 Å². The van der Waals surface area contributed by atoms with E-state index in [1.807, 2.05) is 24.6 Å². The Bertz CT molecular complexity index is 1390. The molecule has 0 amide bonds. The molecule has 0 aliphatic rings. The van der Waals surface area contributed by atoms with E-state index in [0.29, 0.717) is 17.0 Å². The lowest BCUT2D eigenvalue weighted by molar-refractivity contribution is -0.386. The van der Waals surface area contributed by atoms with E-state index >= 15 is 0 Å². The molecule has 10 nitrogen and oxygen atoms in total. The molecule has 2 aromatic carbocycles. The van der Waals surface area contributed by atoms with Crippen molar-refractivity contribution in [2.24, 2.45) is 0 Å². The number of anilines is 1. The summed E-state index contributed by atoms with van der Waals surface area (Å²) in [5.41, 5.74) is 8.12. The number of aromatic nitrogens is 3. The predicted molar refractivity (Wildman–Crippen MR) is 123 cm³/mol. The molecule has 4 aromatic rings. The summed E-state index contributed by atoms with van der Waals surface area (Å²) in [6, 6.07) is 9.59. The third-order valence-corrected chi connectivity index (χ3v) is 5.33. The number of fused-ring (bicyclic) bond motifs is 1. The predicted octanol–water partition coefficient (Wildman–Crippen LogP) is 4.97. The number of aromatic carboxylic acids is 1. The summed E-state index contributed by atoms with van der Waals surface area (Å²) in [6.45, 7) is 5.59. The van der Waals surface area contributed by atoms with Gasteiger partial charge in [0.05, 0.1) is 10.3 Å². The van der Waals surface area contributed by atoms with E-state index in [4.69, 9.17) is 10.5 Å². The lowest BCUT2D eigenvalue weighted by Gasteiger charge is -2.11. The molecule has 33 heavy (non-hydrogen) atoms. The number of nitrogens with two attached hydrogens (primary N) is 1. The highest BCUT2D eigenvalue weighted by atomic mass is 16.6. The molecule has 168 valence electrons. The maximum Gasteiger partial charge on any atom is 0.339 e. The van der Waals surface area contributed by atoms with Gasteiger partial charge in [0.15, 0.2) is 0 Å². The lowest BCUT2D eigenvalue weighted by Crippen LogP contribution is -2.04. The average Bonchev–Trinajstić information content (AvgIpc) is 3.15. The summed E-state index contributed by atoms with van der Waals surface area (Å²) in [7, 11) is 0. The van der Waals surface area contributed by atoms with Gasteiger partial charge < -0.3 is 20.1 Å². The number of ether oxygens (including phenoxy) is 1.